The minimum absolute atomic E-state index is 0.142. The summed E-state index contributed by atoms with van der Waals surface area (Å²) in [4.78, 5) is 17.7. The van der Waals surface area contributed by atoms with Crippen molar-refractivity contribution in [1.82, 2.24) is 4.98 Å². The monoisotopic (exact) mass is 410 g/mol. The highest BCUT2D eigenvalue weighted by atomic mass is 32.2. The van der Waals surface area contributed by atoms with Gasteiger partial charge in [0.15, 0.2) is 0 Å². The molecule has 0 aliphatic rings. The van der Waals surface area contributed by atoms with Crippen LogP contribution < -0.4 is 4.74 Å². The normalized spacial score (nSPS) is 10.3. The zero-order valence-corrected chi connectivity index (χ0v) is 16.9. The van der Waals surface area contributed by atoms with Crippen LogP contribution in [-0.4, -0.2) is 24.2 Å². The first kappa shape index (κ1) is 19.9. The molecule has 0 saturated carbocycles. The van der Waals surface area contributed by atoms with E-state index in [2.05, 4.69) is 11.1 Å². The summed E-state index contributed by atoms with van der Waals surface area (Å²) in [5.74, 6) is 0.960. The molecule has 0 saturated heterocycles. The Bertz CT molecular complexity index is 978. The number of thiazole rings is 1. The summed E-state index contributed by atoms with van der Waals surface area (Å²) in [7, 11) is 0. The second kappa shape index (κ2) is 9.93. The highest BCUT2D eigenvalue weighted by Crippen LogP contribution is 2.27. The summed E-state index contributed by atoms with van der Waals surface area (Å²) < 4.78 is 10.9. The number of aromatic nitrogens is 1. The minimum Gasteiger partial charge on any atom is -0.490 e. The number of ether oxygens (including phenoxy) is 2. The van der Waals surface area contributed by atoms with Crippen LogP contribution in [0.3, 0.4) is 0 Å². The Hall–Kier alpha value is -2.82. The molecule has 0 aliphatic carbocycles. The number of thioether (sulfide) groups is 1. The van der Waals surface area contributed by atoms with Crippen LogP contribution in [0.4, 0.5) is 0 Å². The first-order valence-electron chi connectivity index (χ1n) is 8.58. The topological polar surface area (TPSA) is 72.2 Å². The molecule has 28 heavy (non-hydrogen) atoms. The van der Waals surface area contributed by atoms with E-state index in [0.29, 0.717) is 22.6 Å². The Labute approximate surface area is 171 Å². The van der Waals surface area contributed by atoms with Gasteiger partial charge in [0, 0.05) is 16.0 Å². The molecule has 0 N–H and O–H groups in total. The SMILES string of the molecule is Cc1nc(CSc2ccccc2C(=O)OCCOc2ccc(C#N)cc2)cs1. The van der Waals surface area contributed by atoms with Gasteiger partial charge in [-0.15, -0.1) is 23.1 Å². The zero-order chi connectivity index (χ0) is 19.8. The molecule has 7 heteroatoms. The number of esters is 1. The van der Waals surface area contributed by atoms with Crippen molar-refractivity contribution in [3.05, 3.63) is 75.7 Å². The van der Waals surface area contributed by atoms with Gasteiger partial charge in [-0.3, -0.25) is 0 Å². The van der Waals surface area contributed by atoms with Gasteiger partial charge >= 0.3 is 5.97 Å². The highest BCUT2D eigenvalue weighted by molar-refractivity contribution is 7.98. The molecule has 0 bridgehead atoms. The molecule has 0 aliphatic heterocycles. The standard InChI is InChI=1S/C21H18N2O3S2/c1-15-23-17(13-27-15)14-28-20-5-3-2-4-19(20)21(24)26-11-10-25-18-8-6-16(12-22)7-9-18/h2-9,13H,10-11,14H2,1H3. The lowest BCUT2D eigenvalue weighted by molar-refractivity contribution is 0.0446. The van der Waals surface area contributed by atoms with Crippen LogP contribution in [0.25, 0.3) is 0 Å². The number of hydrogen-bond acceptors (Lipinski definition) is 7. The van der Waals surface area contributed by atoms with Crippen LogP contribution in [-0.2, 0) is 10.5 Å². The third-order valence-electron chi connectivity index (χ3n) is 3.72. The van der Waals surface area contributed by atoms with Crippen LogP contribution >= 0.6 is 23.1 Å². The maximum atomic E-state index is 12.4. The van der Waals surface area contributed by atoms with E-state index >= 15 is 0 Å². The predicted octanol–water partition coefficient (Wildman–Crippen LogP) is 4.85. The highest BCUT2D eigenvalue weighted by Gasteiger charge is 2.13. The van der Waals surface area contributed by atoms with Gasteiger partial charge in [-0.25, -0.2) is 9.78 Å². The number of nitriles is 1. The molecule has 0 atom stereocenters. The Morgan fingerprint density at radius 2 is 1.96 bits per heavy atom. The third-order valence-corrected chi connectivity index (χ3v) is 5.65. The molecular weight excluding hydrogens is 392 g/mol. The molecule has 0 fully saturated rings. The Morgan fingerprint density at radius 1 is 1.18 bits per heavy atom. The van der Waals surface area contributed by atoms with Crippen molar-refractivity contribution in [2.75, 3.05) is 13.2 Å². The molecule has 0 spiro atoms. The number of benzene rings is 2. The van der Waals surface area contributed by atoms with Crippen molar-refractivity contribution < 1.29 is 14.3 Å². The second-order valence-electron chi connectivity index (χ2n) is 5.76. The number of carbonyl (C=O) groups excluding carboxylic acids is 1. The van der Waals surface area contributed by atoms with Crippen LogP contribution in [0.1, 0.15) is 26.6 Å². The summed E-state index contributed by atoms with van der Waals surface area (Å²) >= 11 is 3.19. The number of carbonyl (C=O) groups is 1. The lowest BCUT2D eigenvalue weighted by Gasteiger charge is -2.10. The predicted molar refractivity (Wildman–Crippen MR) is 110 cm³/mol. The van der Waals surface area contributed by atoms with E-state index in [0.717, 1.165) is 15.6 Å². The number of nitrogens with zero attached hydrogens (tertiary/aromatic N) is 2. The fourth-order valence-corrected chi connectivity index (χ4v) is 4.04. The van der Waals surface area contributed by atoms with E-state index < -0.39 is 0 Å². The molecule has 0 amide bonds. The largest absolute Gasteiger partial charge is 0.490 e. The van der Waals surface area contributed by atoms with Gasteiger partial charge in [-0.2, -0.15) is 5.26 Å². The van der Waals surface area contributed by atoms with Crippen molar-refractivity contribution in [3.63, 3.8) is 0 Å². The van der Waals surface area contributed by atoms with Crippen molar-refractivity contribution in [3.8, 4) is 11.8 Å². The minimum atomic E-state index is -0.374. The molecule has 3 aromatic rings. The smallest absolute Gasteiger partial charge is 0.339 e. The van der Waals surface area contributed by atoms with Crippen LogP contribution in [0.2, 0.25) is 0 Å². The van der Waals surface area contributed by atoms with E-state index in [1.807, 2.05) is 30.5 Å². The van der Waals surface area contributed by atoms with Gasteiger partial charge in [0.05, 0.1) is 27.9 Å². The Morgan fingerprint density at radius 3 is 2.68 bits per heavy atom. The number of aryl methyl sites for hydroxylation is 1. The first-order valence-corrected chi connectivity index (χ1v) is 10.4. The lowest BCUT2D eigenvalue weighted by Crippen LogP contribution is -2.13. The maximum Gasteiger partial charge on any atom is 0.339 e. The molecule has 2 aromatic carbocycles. The lowest BCUT2D eigenvalue weighted by atomic mass is 10.2. The van der Waals surface area contributed by atoms with Crippen molar-refractivity contribution in [1.29, 1.82) is 5.26 Å². The van der Waals surface area contributed by atoms with Gasteiger partial charge < -0.3 is 9.47 Å². The Balaban J connectivity index is 1.50. The molecule has 1 heterocycles. The molecule has 1 aromatic heterocycles. The molecular formula is C21H18N2O3S2. The summed E-state index contributed by atoms with van der Waals surface area (Å²) in [6.07, 6.45) is 0. The van der Waals surface area contributed by atoms with E-state index in [-0.39, 0.29) is 19.2 Å². The van der Waals surface area contributed by atoms with Crippen molar-refractivity contribution in [2.45, 2.75) is 17.6 Å². The molecule has 3 rings (SSSR count). The van der Waals surface area contributed by atoms with Gasteiger partial charge in [0.1, 0.15) is 19.0 Å². The zero-order valence-electron chi connectivity index (χ0n) is 15.3. The van der Waals surface area contributed by atoms with Gasteiger partial charge in [0.25, 0.3) is 0 Å². The van der Waals surface area contributed by atoms with Gasteiger partial charge in [0.2, 0.25) is 0 Å². The molecule has 5 nitrogen and oxygen atoms in total. The average Bonchev–Trinajstić information content (AvgIpc) is 3.15. The summed E-state index contributed by atoms with van der Waals surface area (Å²) in [5.41, 5.74) is 2.12. The number of hydrogen-bond donors (Lipinski definition) is 0. The van der Waals surface area contributed by atoms with Crippen molar-refractivity contribution in [2.24, 2.45) is 0 Å². The van der Waals surface area contributed by atoms with E-state index in [9.17, 15) is 4.79 Å². The summed E-state index contributed by atoms with van der Waals surface area (Å²) in [5, 5.41) is 11.8. The fraction of sp³-hybridized carbons (Fsp3) is 0.190. The van der Waals surface area contributed by atoms with E-state index in [4.69, 9.17) is 14.7 Å². The third kappa shape index (κ3) is 5.59. The summed E-state index contributed by atoms with van der Waals surface area (Å²) in [6, 6.07) is 16.2. The summed E-state index contributed by atoms with van der Waals surface area (Å²) in [6.45, 7) is 2.36. The Kier molecular flexibility index (Phi) is 7.06. The van der Waals surface area contributed by atoms with Gasteiger partial charge in [-0.05, 0) is 43.3 Å². The van der Waals surface area contributed by atoms with Crippen LogP contribution in [0.5, 0.6) is 5.75 Å². The van der Waals surface area contributed by atoms with Crippen molar-refractivity contribution >= 4 is 29.1 Å². The number of rotatable bonds is 8. The van der Waals surface area contributed by atoms with Gasteiger partial charge in [-0.1, -0.05) is 12.1 Å². The van der Waals surface area contributed by atoms with Crippen LogP contribution in [0, 0.1) is 18.3 Å². The quantitative estimate of drug-likeness (QED) is 0.300. The maximum absolute atomic E-state index is 12.4. The first-order chi connectivity index (χ1) is 13.7. The van der Waals surface area contributed by atoms with E-state index in [1.165, 1.54) is 0 Å². The fourth-order valence-electron chi connectivity index (χ4n) is 2.38. The molecule has 0 unspecified atom stereocenters. The molecule has 0 radical (unpaired) electrons. The van der Waals surface area contributed by atoms with E-state index in [1.54, 1.807) is 53.4 Å². The van der Waals surface area contributed by atoms with Crippen LogP contribution in [0.15, 0.2) is 58.8 Å². The molecule has 142 valence electrons. The second-order valence-corrected chi connectivity index (χ2v) is 7.84. The average molecular weight is 411 g/mol.